The number of hydrogen-bond acceptors (Lipinski definition) is 4. The molecule has 0 bridgehead atoms. The number of hydrogen-bond donors (Lipinski definition) is 1. The molecule has 0 saturated heterocycles. The first-order valence-corrected chi connectivity index (χ1v) is 6.46. The molecule has 4 nitrogen and oxygen atoms in total. The van der Waals surface area contributed by atoms with Crippen molar-refractivity contribution in [1.29, 1.82) is 0 Å². The van der Waals surface area contributed by atoms with Gasteiger partial charge >= 0.3 is 5.97 Å². The Labute approximate surface area is 116 Å². The first kappa shape index (κ1) is 14.8. The highest BCUT2D eigenvalue weighted by atomic mass is 79.9. The summed E-state index contributed by atoms with van der Waals surface area (Å²) in [5.74, 6) is 0.306. The SMILES string of the molecule is COC(=O)C(C)C(C)Nc1cc(OC)ccc1Br. The van der Waals surface area contributed by atoms with Gasteiger partial charge in [-0.25, -0.2) is 0 Å². The maximum atomic E-state index is 11.5. The summed E-state index contributed by atoms with van der Waals surface area (Å²) >= 11 is 3.46. The Balaban J connectivity index is 2.80. The lowest BCUT2D eigenvalue weighted by atomic mass is 10.0. The number of rotatable bonds is 5. The minimum atomic E-state index is -0.229. The summed E-state index contributed by atoms with van der Waals surface area (Å²) in [4.78, 5) is 11.5. The standard InChI is InChI=1S/C13H18BrNO3/c1-8(13(16)18-4)9(2)15-12-7-10(17-3)5-6-11(12)14/h5-9,15H,1-4H3. The molecule has 0 fully saturated rings. The first-order valence-electron chi connectivity index (χ1n) is 5.67. The third-order valence-electron chi connectivity index (χ3n) is 2.88. The van der Waals surface area contributed by atoms with Gasteiger partial charge in [0.1, 0.15) is 5.75 Å². The Kier molecular flexibility index (Phi) is 5.47. The van der Waals surface area contributed by atoms with E-state index in [4.69, 9.17) is 9.47 Å². The van der Waals surface area contributed by atoms with Crippen LogP contribution in [0.3, 0.4) is 0 Å². The van der Waals surface area contributed by atoms with Crippen molar-refractivity contribution in [2.24, 2.45) is 5.92 Å². The van der Waals surface area contributed by atoms with E-state index < -0.39 is 0 Å². The van der Waals surface area contributed by atoms with Crippen molar-refractivity contribution in [1.82, 2.24) is 0 Å². The number of anilines is 1. The van der Waals surface area contributed by atoms with Crippen molar-refractivity contribution >= 4 is 27.6 Å². The highest BCUT2D eigenvalue weighted by Gasteiger charge is 2.21. The fourth-order valence-corrected chi connectivity index (χ4v) is 1.86. The van der Waals surface area contributed by atoms with Crippen LogP contribution in [0.25, 0.3) is 0 Å². The van der Waals surface area contributed by atoms with Crippen LogP contribution in [0.1, 0.15) is 13.8 Å². The van der Waals surface area contributed by atoms with Crippen LogP contribution in [0.15, 0.2) is 22.7 Å². The zero-order chi connectivity index (χ0) is 13.7. The molecule has 1 aromatic carbocycles. The summed E-state index contributed by atoms with van der Waals surface area (Å²) in [7, 11) is 3.01. The highest BCUT2D eigenvalue weighted by molar-refractivity contribution is 9.10. The van der Waals surface area contributed by atoms with Gasteiger partial charge in [-0.05, 0) is 41.9 Å². The van der Waals surface area contributed by atoms with E-state index in [1.54, 1.807) is 7.11 Å². The molecular formula is C13H18BrNO3. The molecule has 1 N–H and O–H groups in total. The van der Waals surface area contributed by atoms with Gasteiger partial charge in [-0.3, -0.25) is 4.79 Å². The van der Waals surface area contributed by atoms with Crippen molar-refractivity contribution in [3.8, 4) is 5.75 Å². The van der Waals surface area contributed by atoms with E-state index in [0.717, 1.165) is 15.9 Å². The van der Waals surface area contributed by atoms with Crippen LogP contribution in [0.4, 0.5) is 5.69 Å². The molecule has 0 saturated carbocycles. The molecule has 0 heterocycles. The Morgan fingerprint density at radius 1 is 1.33 bits per heavy atom. The third-order valence-corrected chi connectivity index (χ3v) is 3.57. The number of carbonyl (C=O) groups excluding carboxylic acids is 1. The summed E-state index contributed by atoms with van der Waals surface area (Å²) in [6.07, 6.45) is 0. The minimum Gasteiger partial charge on any atom is -0.497 e. The third kappa shape index (κ3) is 3.63. The van der Waals surface area contributed by atoms with Crippen molar-refractivity contribution in [2.45, 2.75) is 19.9 Å². The van der Waals surface area contributed by atoms with Crippen molar-refractivity contribution in [3.05, 3.63) is 22.7 Å². The van der Waals surface area contributed by atoms with Crippen LogP contribution in [-0.2, 0) is 9.53 Å². The van der Waals surface area contributed by atoms with Crippen molar-refractivity contribution < 1.29 is 14.3 Å². The van der Waals surface area contributed by atoms with Gasteiger partial charge in [-0.2, -0.15) is 0 Å². The van der Waals surface area contributed by atoms with Crippen LogP contribution in [0, 0.1) is 5.92 Å². The molecule has 0 amide bonds. The van der Waals surface area contributed by atoms with Crippen LogP contribution >= 0.6 is 15.9 Å². The fourth-order valence-electron chi connectivity index (χ4n) is 1.50. The average Bonchev–Trinajstić information content (AvgIpc) is 2.39. The predicted octanol–water partition coefficient (Wildman–Crippen LogP) is 3.07. The van der Waals surface area contributed by atoms with Crippen LogP contribution < -0.4 is 10.1 Å². The molecule has 2 atom stereocenters. The van der Waals surface area contributed by atoms with Gasteiger partial charge in [0.2, 0.25) is 0 Å². The van der Waals surface area contributed by atoms with Crippen LogP contribution in [-0.4, -0.2) is 26.2 Å². The lowest BCUT2D eigenvalue weighted by Gasteiger charge is -2.21. The fraction of sp³-hybridized carbons (Fsp3) is 0.462. The number of esters is 1. The van der Waals surface area contributed by atoms with E-state index in [-0.39, 0.29) is 17.9 Å². The maximum absolute atomic E-state index is 11.5. The molecule has 1 aromatic rings. The normalized spacial score (nSPS) is 13.6. The highest BCUT2D eigenvalue weighted by Crippen LogP contribution is 2.28. The van der Waals surface area contributed by atoms with Gasteiger partial charge in [0.25, 0.3) is 0 Å². The number of benzene rings is 1. The molecule has 0 aliphatic rings. The molecule has 18 heavy (non-hydrogen) atoms. The van der Waals surface area contributed by atoms with E-state index in [2.05, 4.69) is 21.2 Å². The van der Waals surface area contributed by atoms with E-state index in [0.29, 0.717) is 0 Å². The van der Waals surface area contributed by atoms with E-state index in [1.165, 1.54) is 7.11 Å². The molecule has 0 aromatic heterocycles. The minimum absolute atomic E-state index is 0.0409. The lowest BCUT2D eigenvalue weighted by molar-refractivity contribution is -0.145. The van der Waals surface area contributed by atoms with Gasteiger partial charge in [0, 0.05) is 16.6 Å². The average molecular weight is 316 g/mol. The molecule has 100 valence electrons. The molecule has 2 unspecified atom stereocenters. The smallest absolute Gasteiger partial charge is 0.310 e. The molecule has 0 aliphatic carbocycles. The van der Waals surface area contributed by atoms with Gasteiger partial charge in [-0.15, -0.1) is 0 Å². The Hall–Kier alpha value is -1.23. The Morgan fingerprint density at radius 2 is 2.00 bits per heavy atom. The maximum Gasteiger partial charge on any atom is 0.310 e. The summed E-state index contributed by atoms with van der Waals surface area (Å²) in [5.41, 5.74) is 0.887. The van der Waals surface area contributed by atoms with Crippen LogP contribution in [0.2, 0.25) is 0 Å². The second-order valence-corrected chi connectivity index (χ2v) is 4.94. The molecular weight excluding hydrogens is 298 g/mol. The van der Waals surface area contributed by atoms with Crippen molar-refractivity contribution in [3.63, 3.8) is 0 Å². The number of ether oxygens (including phenoxy) is 2. The molecule has 0 radical (unpaired) electrons. The number of nitrogens with one attached hydrogen (secondary N) is 1. The van der Waals surface area contributed by atoms with E-state index in [9.17, 15) is 4.79 Å². The summed E-state index contributed by atoms with van der Waals surface area (Å²) in [5, 5.41) is 3.27. The number of carbonyl (C=O) groups is 1. The van der Waals surface area contributed by atoms with E-state index >= 15 is 0 Å². The molecule has 0 aliphatic heterocycles. The number of halogens is 1. The summed E-state index contributed by atoms with van der Waals surface area (Å²) in [6.45, 7) is 3.77. The molecule has 5 heteroatoms. The zero-order valence-electron chi connectivity index (χ0n) is 11.0. The topological polar surface area (TPSA) is 47.6 Å². The predicted molar refractivity (Wildman–Crippen MR) is 75.0 cm³/mol. The van der Waals surface area contributed by atoms with Crippen LogP contribution in [0.5, 0.6) is 5.75 Å². The monoisotopic (exact) mass is 315 g/mol. The summed E-state index contributed by atoms with van der Waals surface area (Å²) in [6, 6.07) is 5.60. The van der Waals surface area contributed by atoms with Crippen molar-refractivity contribution in [2.75, 3.05) is 19.5 Å². The Bertz CT molecular complexity index is 423. The second kappa shape index (κ2) is 6.64. The van der Waals surface area contributed by atoms with E-state index in [1.807, 2.05) is 32.0 Å². The molecule has 0 spiro atoms. The van der Waals surface area contributed by atoms with Gasteiger partial charge < -0.3 is 14.8 Å². The number of methoxy groups -OCH3 is 2. The second-order valence-electron chi connectivity index (χ2n) is 4.09. The lowest BCUT2D eigenvalue weighted by Crippen LogP contribution is -2.30. The van der Waals surface area contributed by atoms with Gasteiger partial charge in [0.15, 0.2) is 0 Å². The Morgan fingerprint density at radius 3 is 2.56 bits per heavy atom. The molecule has 1 rings (SSSR count). The summed E-state index contributed by atoms with van der Waals surface area (Å²) < 4.78 is 10.8. The zero-order valence-corrected chi connectivity index (χ0v) is 12.6. The largest absolute Gasteiger partial charge is 0.497 e. The quantitative estimate of drug-likeness (QED) is 0.848. The first-order chi connectivity index (χ1) is 8.49. The van der Waals surface area contributed by atoms with Gasteiger partial charge in [-0.1, -0.05) is 0 Å². The van der Waals surface area contributed by atoms with Gasteiger partial charge in [0.05, 0.1) is 25.8 Å².